The minimum absolute atomic E-state index is 0.0604. The van der Waals surface area contributed by atoms with Crippen LogP contribution in [0.2, 0.25) is 0 Å². The summed E-state index contributed by atoms with van der Waals surface area (Å²) in [6.45, 7) is 1.93. The Morgan fingerprint density at radius 2 is 1.88 bits per heavy atom. The van der Waals surface area contributed by atoms with Crippen molar-refractivity contribution >= 4 is 11.6 Å². The molecule has 1 atom stereocenters. The first-order valence-electron chi connectivity index (χ1n) is 8.50. The molecule has 1 aliphatic rings. The molecule has 1 unspecified atom stereocenters. The molecular weight excluding hydrogens is 333 g/mol. The van der Waals surface area contributed by atoms with E-state index in [1.165, 1.54) is 12.1 Å². The molecule has 5 heteroatoms. The van der Waals surface area contributed by atoms with E-state index in [1.807, 2.05) is 31.2 Å². The minimum Gasteiger partial charge on any atom is -0.466 e. The third kappa shape index (κ3) is 2.70. The predicted octanol–water partition coefficient (Wildman–Crippen LogP) is 4.71. The summed E-state index contributed by atoms with van der Waals surface area (Å²) in [6.07, 6.45) is 2.19. The topological polar surface area (TPSA) is 51.5 Å². The van der Waals surface area contributed by atoms with E-state index in [9.17, 15) is 9.18 Å². The number of amides is 1. The van der Waals surface area contributed by atoms with Gasteiger partial charge in [-0.15, -0.1) is 0 Å². The van der Waals surface area contributed by atoms with Gasteiger partial charge >= 0.3 is 0 Å². The molecule has 0 aliphatic carbocycles. The fourth-order valence-corrected chi connectivity index (χ4v) is 3.44. The summed E-state index contributed by atoms with van der Waals surface area (Å²) in [5.74, 6) is 0.161. The Morgan fingerprint density at radius 3 is 2.58 bits per heavy atom. The molecule has 0 saturated carbocycles. The first-order valence-corrected chi connectivity index (χ1v) is 8.50. The van der Waals surface area contributed by atoms with Gasteiger partial charge in [0.05, 0.1) is 6.26 Å². The van der Waals surface area contributed by atoms with Gasteiger partial charge in [-0.05, 0) is 53.9 Å². The molecule has 4 nitrogen and oxygen atoms in total. The molecule has 1 aromatic heterocycles. The van der Waals surface area contributed by atoms with Gasteiger partial charge in [0.1, 0.15) is 18.2 Å². The van der Waals surface area contributed by atoms with Gasteiger partial charge in [0, 0.05) is 11.3 Å². The van der Waals surface area contributed by atoms with Crippen molar-refractivity contribution in [1.82, 2.24) is 0 Å². The van der Waals surface area contributed by atoms with E-state index in [2.05, 4.69) is 5.32 Å². The van der Waals surface area contributed by atoms with Gasteiger partial charge in [0.25, 0.3) is 0 Å². The maximum absolute atomic E-state index is 13.3. The van der Waals surface area contributed by atoms with Crippen molar-refractivity contribution in [3.05, 3.63) is 78.0 Å². The predicted molar refractivity (Wildman–Crippen MR) is 96.2 cm³/mol. The summed E-state index contributed by atoms with van der Waals surface area (Å²) < 4.78 is 25.0. The van der Waals surface area contributed by atoms with Crippen LogP contribution >= 0.6 is 0 Å². The SMILES string of the molecule is CCC1(c2ccco2)OCC(=O)Nc2ccc(-c3ccc(F)cc3)cc21. The van der Waals surface area contributed by atoms with Crippen LogP contribution in [0.4, 0.5) is 10.1 Å². The first kappa shape index (κ1) is 16.5. The second-order valence-electron chi connectivity index (χ2n) is 6.26. The molecule has 0 radical (unpaired) electrons. The van der Waals surface area contributed by atoms with Crippen molar-refractivity contribution in [1.29, 1.82) is 0 Å². The maximum atomic E-state index is 13.3. The molecule has 2 aromatic carbocycles. The summed E-state index contributed by atoms with van der Waals surface area (Å²) in [4.78, 5) is 12.1. The Balaban J connectivity index is 1.91. The average molecular weight is 351 g/mol. The van der Waals surface area contributed by atoms with E-state index < -0.39 is 5.60 Å². The molecule has 1 N–H and O–H groups in total. The van der Waals surface area contributed by atoms with Crippen molar-refractivity contribution in [2.45, 2.75) is 18.9 Å². The fraction of sp³-hybridized carbons (Fsp3) is 0.190. The number of furan rings is 1. The van der Waals surface area contributed by atoms with Crippen LogP contribution in [0.3, 0.4) is 0 Å². The average Bonchev–Trinajstić information content (AvgIpc) is 3.15. The lowest BCUT2D eigenvalue weighted by Gasteiger charge is -2.31. The molecule has 1 amide bonds. The molecule has 3 aromatic rings. The number of benzene rings is 2. The lowest BCUT2D eigenvalue weighted by molar-refractivity contribution is -0.126. The molecule has 2 heterocycles. The van der Waals surface area contributed by atoms with Gasteiger partial charge in [0.15, 0.2) is 5.60 Å². The van der Waals surface area contributed by atoms with E-state index in [4.69, 9.17) is 9.15 Å². The summed E-state index contributed by atoms with van der Waals surface area (Å²) in [6, 6.07) is 15.7. The van der Waals surface area contributed by atoms with Crippen molar-refractivity contribution in [3.8, 4) is 11.1 Å². The summed E-state index contributed by atoms with van der Waals surface area (Å²) in [7, 11) is 0. The number of anilines is 1. The molecule has 0 fully saturated rings. The van der Waals surface area contributed by atoms with Crippen LogP contribution in [0.1, 0.15) is 24.7 Å². The number of fused-ring (bicyclic) bond motifs is 1. The number of carbonyl (C=O) groups is 1. The normalized spacial score (nSPS) is 19.5. The fourth-order valence-electron chi connectivity index (χ4n) is 3.44. The van der Waals surface area contributed by atoms with Crippen molar-refractivity contribution in [3.63, 3.8) is 0 Å². The lowest BCUT2D eigenvalue weighted by Crippen LogP contribution is -2.30. The highest BCUT2D eigenvalue weighted by Crippen LogP contribution is 2.43. The van der Waals surface area contributed by atoms with Crippen molar-refractivity contribution < 1.29 is 18.3 Å². The molecule has 0 spiro atoms. The van der Waals surface area contributed by atoms with Gasteiger partial charge in [-0.2, -0.15) is 0 Å². The van der Waals surface area contributed by atoms with Crippen LogP contribution in [0, 0.1) is 5.82 Å². The quantitative estimate of drug-likeness (QED) is 0.744. The van der Waals surface area contributed by atoms with Crippen LogP contribution < -0.4 is 5.32 Å². The minimum atomic E-state index is -0.867. The van der Waals surface area contributed by atoms with Crippen LogP contribution in [-0.2, 0) is 15.1 Å². The summed E-state index contributed by atoms with van der Waals surface area (Å²) in [5.41, 5.74) is 2.44. The highest BCUT2D eigenvalue weighted by Gasteiger charge is 2.41. The highest BCUT2D eigenvalue weighted by atomic mass is 19.1. The zero-order valence-corrected chi connectivity index (χ0v) is 14.3. The molecular formula is C21H18FNO3. The van der Waals surface area contributed by atoms with Crippen LogP contribution in [0.25, 0.3) is 11.1 Å². The number of rotatable bonds is 3. The van der Waals surface area contributed by atoms with Crippen molar-refractivity contribution in [2.24, 2.45) is 0 Å². The second-order valence-corrected chi connectivity index (χ2v) is 6.26. The Hall–Kier alpha value is -2.92. The Morgan fingerprint density at radius 1 is 1.12 bits per heavy atom. The molecule has 1 aliphatic heterocycles. The molecule has 132 valence electrons. The number of hydrogen-bond donors (Lipinski definition) is 1. The highest BCUT2D eigenvalue weighted by molar-refractivity contribution is 5.94. The number of hydrogen-bond acceptors (Lipinski definition) is 3. The van der Waals surface area contributed by atoms with Gasteiger partial charge in [-0.25, -0.2) is 4.39 Å². The third-order valence-corrected chi connectivity index (χ3v) is 4.77. The smallest absolute Gasteiger partial charge is 0.250 e. The Bertz CT molecular complexity index is 934. The van der Waals surface area contributed by atoms with Crippen LogP contribution in [0.15, 0.2) is 65.3 Å². The van der Waals surface area contributed by atoms with Gasteiger partial charge in [-0.3, -0.25) is 4.79 Å². The Kier molecular flexibility index (Phi) is 4.09. The monoisotopic (exact) mass is 351 g/mol. The van der Waals surface area contributed by atoms with E-state index in [1.54, 1.807) is 24.5 Å². The van der Waals surface area contributed by atoms with Crippen LogP contribution in [0.5, 0.6) is 0 Å². The standard InChI is InChI=1S/C21H18FNO3/c1-2-21(19-4-3-11-25-19)17-12-15(14-5-8-16(22)9-6-14)7-10-18(17)23-20(24)13-26-21/h3-12H,2,13H2,1H3,(H,23,24). The van der Waals surface area contributed by atoms with Crippen LogP contribution in [-0.4, -0.2) is 12.5 Å². The zero-order chi connectivity index (χ0) is 18.1. The number of ether oxygens (including phenoxy) is 1. The number of carbonyl (C=O) groups excluding carboxylic acids is 1. The molecule has 0 saturated heterocycles. The van der Waals surface area contributed by atoms with E-state index in [0.29, 0.717) is 17.9 Å². The van der Waals surface area contributed by atoms with E-state index in [-0.39, 0.29) is 18.3 Å². The van der Waals surface area contributed by atoms with E-state index >= 15 is 0 Å². The second kappa shape index (κ2) is 6.42. The number of nitrogens with one attached hydrogen (secondary N) is 1. The maximum Gasteiger partial charge on any atom is 0.250 e. The summed E-state index contributed by atoms with van der Waals surface area (Å²) >= 11 is 0. The Labute approximate surface area is 150 Å². The first-order chi connectivity index (χ1) is 12.6. The van der Waals surface area contributed by atoms with Crippen molar-refractivity contribution in [2.75, 3.05) is 11.9 Å². The molecule has 26 heavy (non-hydrogen) atoms. The lowest BCUT2D eigenvalue weighted by atomic mass is 9.85. The van der Waals surface area contributed by atoms with E-state index in [0.717, 1.165) is 16.7 Å². The summed E-state index contributed by atoms with van der Waals surface area (Å²) in [5, 5.41) is 2.90. The third-order valence-electron chi connectivity index (χ3n) is 4.77. The molecule has 0 bridgehead atoms. The van der Waals surface area contributed by atoms with Gasteiger partial charge in [-0.1, -0.05) is 25.1 Å². The number of halogens is 1. The molecule has 4 rings (SSSR count). The van der Waals surface area contributed by atoms with Gasteiger partial charge in [0.2, 0.25) is 5.91 Å². The van der Waals surface area contributed by atoms with Gasteiger partial charge < -0.3 is 14.5 Å². The zero-order valence-electron chi connectivity index (χ0n) is 14.3. The largest absolute Gasteiger partial charge is 0.466 e.